The number of benzene rings is 2. The molecule has 0 aliphatic carbocycles. The molecule has 1 aliphatic rings. The van der Waals surface area contributed by atoms with Gasteiger partial charge in [-0.05, 0) is 43.2 Å². The van der Waals surface area contributed by atoms with Crippen molar-refractivity contribution in [2.24, 2.45) is 0 Å². The number of ketones is 1. The number of thiazole rings is 1. The van der Waals surface area contributed by atoms with Gasteiger partial charge in [-0.2, -0.15) is 0 Å². The minimum absolute atomic E-state index is 0.0155. The van der Waals surface area contributed by atoms with E-state index in [0.717, 1.165) is 22.3 Å². The third-order valence-electron chi connectivity index (χ3n) is 5.51. The van der Waals surface area contributed by atoms with E-state index in [0.29, 0.717) is 16.8 Å². The second-order valence-electron chi connectivity index (χ2n) is 7.71. The smallest absolute Gasteiger partial charge is 0.350 e. The highest BCUT2D eigenvalue weighted by Gasteiger charge is 2.48. The molecule has 1 aliphatic heterocycles. The van der Waals surface area contributed by atoms with Crippen LogP contribution in [0.4, 0.5) is 9.52 Å². The largest absolute Gasteiger partial charge is 0.507 e. The van der Waals surface area contributed by atoms with Gasteiger partial charge >= 0.3 is 11.9 Å². The third-order valence-corrected chi connectivity index (χ3v) is 7.39. The number of ether oxygens (including phenoxy) is 1. The number of aliphatic hydroxyl groups is 1. The molecule has 1 aromatic heterocycles. The minimum Gasteiger partial charge on any atom is -0.507 e. The SMILES string of the molecule is COC(=O)c1sc(N2C(=O)C(=O)C(=C(O)c3ccc(C)c(F)c3)[C@@H]2c2ccc(Cl)c(Cl)c2)nc1C. The molecule has 0 bridgehead atoms. The highest BCUT2D eigenvalue weighted by molar-refractivity contribution is 7.17. The minimum atomic E-state index is -1.18. The van der Waals surface area contributed by atoms with Gasteiger partial charge < -0.3 is 9.84 Å². The summed E-state index contributed by atoms with van der Waals surface area (Å²) in [4.78, 5) is 44.1. The van der Waals surface area contributed by atoms with Crippen LogP contribution in [0, 0.1) is 19.7 Å². The number of Topliss-reactive ketones (excluding diaryl/α,β-unsaturated/α-hetero) is 1. The molecule has 1 fully saturated rings. The van der Waals surface area contributed by atoms with Crippen LogP contribution in [0.15, 0.2) is 42.0 Å². The Labute approximate surface area is 213 Å². The van der Waals surface area contributed by atoms with Gasteiger partial charge in [0.25, 0.3) is 5.78 Å². The normalized spacial score (nSPS) is 17.2. The van der Waals surface area contributed by atoms with Gasteiger partial charge in [0.05, 0.1) is 34.5 Å². The Morgan fingerprint density at radius 1 is 1.14 bits per heavy atom. The number of amides is 1. The number of rotatable bonds is 4. The number of methoxy groups -OCH3 is 1. The standard InChI is InChI=1S/C24H17Cl2FN2O5S/c1-10-4-5-13(9-16(10)27)19(30)17-18(12-6-7-14(25)15(26)8-12)29(22(32)20(17)31)24-28-11(2)21(35-24)23(33)34-3/h4-9,18,30H,1-3H3/t18-/m0/s1. The molecular weight excluding hydrogens is 518 g/mol. The van der Waals surface area contributed by atoms with E-state index < -0.39 is 35.3 Å². The molecule has 4 rings (SSSR count). The van der Waals surface area contributed by atoms with Crippen LogP contribution in [0.2, 0.25) is 10.0 Å². The van der Waals surface area contributed by atoms with E-state index in [2.05, 4.69) is 4.98 Å². The van der Waals surface area contributed by atoms with Gasteiger partial charge in [-0.1, -0.05) is 52.7 Å². The van der Waals surface area contributed by atoms with E-state index in [1.54, 1.807) is 19.9 Å². The van der Waals surface area contributed by atoms with Gasteiger partial charge in [-0.3, -0.25) is 14.5 Å². The monoisotopic (exact) mass is 534 g/mol. The summed E-state index contributed by atoms with van der Waals surface area (Å²) < 4.78 is 19.0. The summed E-state index contributed by atoms with van der Waals surface area (Å²) in [5.41, 5.74) is 0.718. The Hall–Kier alpha value is -3.27. The van der Waals surface area contributed by atoms with Gasteiger partial charge in [0.2, 0.25) is 0 Å². The molecule has 1 N–H and O–H groups in total. The van der Waals surface area contributed by atoms with Gasteiger partial charge in [-0.15, -0.1) is 0 Å². The molecule has 180 valence electrons. The van der Waals surface area contributed by atoms with Crippen molar-refractivity contribution in [1.82, 2.24) is 4.98 Å². The summed E-state index contributed by atoms with van der Waals surface area (Å²) in [6, 6.07) is 7.27. The predicted molar refractivity (Wildman–Crippen MR) is 131 cm³/mol. The summed E-state index contributed by atoms with van der Waals surface area (Å²) in [5, 5.41) is 11.5. The lowest BCUT2D eigenvalue weighted by Crippen LogP contribution is -2.29. The van der Waals surface area contributed by atoms with E-state index in [4.69, 9.17) is 27.9 Å². The van der Waals surface area contributed by atoms with E-state index in [-0.39, 0.29) is 31.2 Å². The molecule has 2 aromatic carbocycles. The first-order valence-electron chi connectivity index (χ1n) is 10.1. The molecule has 0 radical (unpaired) electrons. The number of hydrogen-bond acceptors (Lipinski definition) is 7. The first-order valence-corrected chi connectivity index (χ1v) is 11.7. The zero-order valence-electron chi connectivity index (χ0n) is 18.6. The number of halogens is 3. The van der Waals surface area contributed by atoms with E-state index in [9.17, 15) is 23.9 Å². The van der Waals surface area contributed by atoms with Crippen LogP contribution in [0.5, 0.6) is 0 Å². The van der Waals surface area contributed by atoms with Crippen LogP contribution in [0.3, 0.4) is 0 Å². The molecule has 35 heavy (non-hydrogen) atoms. The lowest BCUT2D eigenvalue weighted by molar-refractivity contribution is -0.132. The fourth-order valence-corrected chi connectivity index (χ4v) is 5.01. The first kappa shape index (κ1) is 24.8. The van der Waals surface area contributed by atoms with Crippen LogP contribution in [0.25, 0.3) is 5.76 Å². The highest BCUT2D eigenvalue weighted by Crippen LogP contribution is 2.45. The summed E-state index contributed by atoms with van der Waals surface area (Å²) in [7, 11) is 1.21. The summed E-state index contributed by atoms with van der Waals surface area (Å²) >= 11 is 13.1. The van der Waals surface area contributed by atoms with Crippen molar-refractivity contribution in [1.29, 1.82) is 0 Å². The maximum absolute atomic E-state index is 14.2. The summed E-state index contributed by atoms with van der Waals surface area (Å²) in [6.45, 7) is 3.11. The van der Waals surface area contributed by atoms with Crippen molar-refractivity contribution in [3.8, 4) is 0 Å². The van der Waals surface area contributed by atoms with Crippen molar-refractivity contribution in [2.45, 2.75) is 19.9 Å². The number of hydrogen-bond donors (Lipinski definition) is 1. The van der Waals surface area contributed by atoms with Crippen molar-refractivity contribution in [3.05, 3.63) is 85.1 Å². The van der Waals surface area contributed by atoms with E-state index in [1.165, 1.54) is 31.4 Å². The number of aliphatic hydroxyl groups excluding tert-OH is 1. The van der Waals surface area contributed by atoms with Crippen LogP contribution in [-0.4, -0.2) is 34.9 Å². The second kappa shape index (κ2) is 9.41. The summed E-state index contributed by atoms with van der Waals surface area (Å²) in [6.07, 6.45) is 0. The molecule has 0 saturated carbocycles. The zero-order chi connectivity index (χ0) is 25.6. The van der Waals surface area contributed by atoms with E-state index >= 15 is 0 Å². The Morgan fingerprint density at radius 2 is 1.86 bits per heavy atom. The molecule has 7 nitrogen and oxygen atoms in total. The summed E-state index contributed by atoms with van der Waals surface area (Å²) in [5.74, 6) is -3.80. The number of anilines is 1. The van der Waals surface area contributed by atoms with Gasteiger partial charge in [0, 0.05) is 5.56 Å². The zero-order valence-corrected chi connectivity index (χ0v) is 20.9. The molecule has 0 spiro atoms. The van der Waals surface area contributed by atoms with Crippen molar-refractivity contribution in [2.75, 3.05) is 12.0 Å². The fraction of sp³-hybridized carbons (Fsp3) is 0.167. The number of esters is 1. The molecule has 11 heteroatoms. The molecule has 0 unspecified atom stereocenters. The lowest BCUT2D eigenvalue weighted by Gasteiger charge is -2.23. The van der Waals surface area contributed by atoms with Crippen LogP contribution >= 0.6 is 34.5 Å². The Kier molecular flexibility index (Phi) is 6.68. The first-order chi connectivity index (χ1) is 16.5. The van der Waals surface area contributed by atoms with Crippen molar-refractivity contribution < 1.29 is 28.6 Å². The Balaban J connectivity index is 1.97. The second-order valence-corrected chi connectivity index (χ2v) is 9.50. The average Bonchev–Trinajstić information content (AvgIpc) is 3.33. The lowest BCUT2D eigenvalue weighted by atomic mass is 9.95. The van der Waals surface area contributed by atoms with Crippen molar-refractivity contribution >= 4 is 63.1 Å². The maximum atomic E-state index is 14.2. The Bertz CT molecular complexity index is 1440. The molecule has 1 saturated heterocycles. The van der Waals surface area contributed by atoms with Crippen LogP contribution in [-0.2, 0) is 14.3 Å². The quantitative estimate of drug-likeness (QED) is 0.202. The molecule has 2 heterocycles. The number of carbonyl (C=O) groups is 3. The van der Waals surface area contributed by atoms with Crippen molar-refractivity contribution in [3.63, 3.8) is 0 Å². The van der Waals surface area contributed by atoms with E-state index in [1.807, 2.05) is 0 Å². The number of aromatic nitrogens is 1. The van der Waals surface area contributed by atoms with Gasteiger partial charge in [-0.25, -0.2) is 14.2 Å². The Morgan fingerprint density at radius 3 is 2.49 bits per heavy atom. The number of aryl methyl sites for hydroxylation is 2. The average molecular weight is 535 g/mol. The third kappa shape index (κ3) is 4.31. The highest BCUT2D eigenvalue weighted by atomic mass is 35.5. The molecule has 3 aromatic rings. The molecule has 1 atom stereocenters. The van der Waals surface area contributed by atoms with Gasteiger partial charge in [0.15, 0.2) is 5.13 Å². The van der Waals surface area contributed by atoms with Crippen LogP contribution in [0.1, 0.15) is 38.1 Å². The number of carbonyl (C=O) groups excluding carboxylic acids is 3. The topological polar surface area (TPSA) is 96.8 Å². The predicted octanol–water partition coefficient (Wildman–Crippen LogP) is 5.62. The number of nitrogens with zero attached hydrogens (tertiary/aromatic N) is 2. The maximum Gasteiger partial charge on any atom is 0.350 e. The molecule has 1 amide bonds. The fourth-order valence-electron chi connectivity index (χ4n) is 3.69. The van der Waals surface area contributed by atoms with Crippen LogP contribution < -0.4 is 4.90 Å². The van der Waals surface area contributed by atoms with Gasteiger partial charge in [0.1, 0.15) is 16.5 Å². The molecular formula is C24H17Cl2FN2O5S.